The summed E-state index contributed by atoms with van der Waals surface area (Å²) in [5.41, 5.74) is 0.879. The summed E-state index contributed by atoms with van der Waals surface area (Å²) in [6.45, 7) is 4.88. The Labute approximate surface area is 153 Å². The van der Waals surface area contributed by atoms with Gasteiger partial charge >= 0.3 is 5.97 Å². The number of ether oxygens (including phenoxy) is 2. The van der Waals surface area contributed by atoms with Gasteiger partial charge in [0.2, 0.25) is 0 Å². The molecule has 0 aliphatic heterocycles. The normalized spacial score (nSPS) is 10.3. The average Bonchev–Trinajstić information content (AvgIpc) is 2.93. The third-order valence-electron chi connectivity index (χ3n) is 3.24. The standard InChI is InChI=1S/C16H17N3O6S/c1-4-24-15(21)14-10(3)17-16(26-14)18-13(20)8-25-11-5-6-12(19(22)23)9(2)7-11/h5-7H,4,8H2,1-3H3,(H,17,18,20). The molecule has 0 saturated heterocycles. The van der Waals surface area contributed by atoms with Crippen molar-refractivity contribution in [3.63, 3.8) is 0 Å². The Kier molecular flexibility index (Phi) is 6.23. The van der Waals surface area contributed by atoms with E-state index in [0.717, 1.165) is 11.3 Å². The Morgan fingerprint density at radius 3 is 2.69 bits per heavy atom. The van der Waals surface area contributed by atoms with Crippen molar-refractivity contribution in [2.75, 3.05) is 18.5 Å². The topological polar surface area (TPSA) is 121 Å². The van der Waals surface area contributed by atoms with E-state index in [9.17, 15) is 19.7 Å². The minimum Gasteiger partial charge on any atom is -0.484 e. The Morgan fingerprint density at radius 1 is 1.35 bits per heavy atom. The van der Waals surface area contributed by atoms with Crippen molar-refractivity contribution in [3.8, 4) is 5.75 Å². The van der Waals surface area contributed by atoms with Gasteiger partial charge in [0.25, 0.3) is 11.6 Å². The fourth-order valence-corrected chi connectivity index (χ4v) is 2.94. The Bertz CT molecular complexity index is 849. The molecule has 0 fully saturated rings. The van der Waals surface area contributed by atoms with Crippen LogP contribution in [0.1, 0.15) is 27.9 Å². The number of hydrogen-bond acceptors (Lipinski definition) is 8. The van der Waals surface area contributed by atoms with Crippen LogP contribution in [0.4, 0.5) is 10.8 Å². The number of rotatable bonds is 7. The third kappa shape index (κ3) is 4.76. The summed E-state index contributed by atoms with van der Waals surface area (Å²) >= 11 is 1.02. The number of carbonyl (C=O) groups is 2. The van der Waals surface area contributed by atoms with Crippen LogP contribution in [0.25, 0.3) is 0 Å². The number of nitro benzene ring substituents is 1. The molecule has 9 nitrogen and oxygen atoms in total. The predicted octanol–water partition coefficient (Wildman–Crippen LogP) is 2.86. The summed E-state index contributed by atoms with van der Waals surface area (Å²) in [4.78, 5) is 38.4. The lowest BCUT2D eigenvalue weighted by Crippen LogP contribution is -2.20. The molecule has 2 rings (SSSR count). The van der Waals surface area contributed by atoms with Gasteiger partial charge < -0.3 is 9.47 Å². The lowest BCUT2D eigenvalue weighted by molar-refractivity contribution is -0.385. The van der Waals surface area contributed by atoms with Gasteiger partial charge in [-0.25, -0.2) is 9.78 Å². The molecule has 0 unspecified atom stereocenters. The second kappa shape index (κ2) is 8.39. The molecule has 10 heteroatoms. The number of amides is 1. The largest absolute Gasteiger partial charge is 0.484 e. The van der Waals surface area contributed by atoms with Crippen LogP contribution in [-0.2, 0) is 9.53 Å². The third-order valence-corrected chi connectivity index (χ3v) is 4.29. The number of nitrogens with one attached hydrogen (secondary N) is 1. The summed E-state index contributed by atoms with van der Waals surface area (Å²) in [7, 11) is 0. The van der Waals surface area contributed by atoms with Gasteiger partial charge in [0, 0.05) is 11.6 Å². The van der Waals surface area contributed by atoms with Crippen LogP contribution in [-0.4, -0.2) is 35.0 Å². The first-order chi connectivity index (χ1) is 12.3. The maximum absolute atomic E-state index is 12.0. The highest BCUT2D eigenvalue weighted by Gasteiger charge is 2.18. The molecule has 0 radical (unpaired) electrons. The van der Waals surface area contributed by atoms with Crippen LogP contribution in [0, 0.1) is 24.0 Å². The van der Waals surface area contributed by atoms with Gasteiger partial charge in [-0.1, -0.05) is 11.3 Å². The van der Waals surface area contributed by atoms with Gasteiger partial charge in [0.15, 0.2) is 11.7 Å². The lowest BCUT2D eigenvalue weighted by atomic mass is 10.2. The zero-order valence-electron chi connectivity index (χ0n) is 14.4. The highest BCUT2D eigenvalue weighted by atomic mass is 32.1. The number of aryl methyl sites for hydroxylation is 2. The maximum Gasteiger partial charge on any atom is 0.350 e. The van der Waals surface area contributed by atoms with Crippen LogP contribution < -0.4 is 10.1 Å². The van der Waals surface area contributed by atoms with E-state index >= 15 is 0 Å². The van der Waals surface area contributed by atoms with Crippen LogP contribution in [0.2, 0.25) is 0 Å². The number of aromatic nitrogens is 1. The molecule has 26 heavy (non-hydrogen) atoms. The number of hydrogen-bond donors (Lipinski definition) is 1. The molecule has 1 amide bonds. The molecule has 0 atom stereocenters. The monoisotopic (exact) mass is 379 g/mol. The van der Waals surface area contributed by atoms with E-state index in [1.807, 2.05) is 0 Å². The van der Waals surface area contributed by atoms with Gasteiger partial charge in [0.1, 0.15) is 10.6 Å². The van der Waals surface area contributed by atoms with Crippen LogP contribution >= 0.6 is 11.3 Å². The number of esters is 1. The highest BCUT2D eigenvalue weighted by molar-refractivity contribution is 7.17. The number of nitro groups is 1. The van der Waals surface area contributed by atoms with Gasteiger partial charge in [-0.2, -0.15) is 0 Å². The average molecular weight is 379 g/mol. The van der Waals surface area contributed by atoms with Crippen LogP contribution in [0.15, 0.2) is 18.2 Å². The van der Waals surface area contributed by atoms with Crippen LogP contribution in [0.5, 0.6) is 5.75 Å². The van der Waals surface area contributed by atoms with Gasteiger partial charge in [0.05, 0.1) is 17.2 Å². The Morgan fingerprint density at radius 2 is 2.08 bits per heavy atom. The molecule has 0 bridgehead atoms. The quantitative estimate of drug-likeness (QED) is 0.446. The molecule has 138 valence electrons. The predicted molar refractivity (Wildman–Crippen MR) is 94.8 cm³/mol. The first-order valence-corrected chi connectivity index (χ1v) is 8.45. The number of carbonyl (C=O) groups excluding carboxylic acids is 2. The SMILES string of the molecule is CCOC(=O)c1sc(NC(=O)COc2ccc([N+](=O)[O-])c(C)c2)nc1C. The van der Waals surface area contributed by atoms with E-state index < -0.39 is 16.8 Å². The number of anilines is 1. The summed E-state index contributed by atoms with van der Waals surface area (Å²) in [6, 6.07) is 4.22. The molecule has 0 saturated carbocycles. The second-order valence-electron chi connectivity index (χ2n) is 5.20. The van der Waals surface area contributed by atoms with E-state index in [2.05, 4.69) is 10.3 Å². The molecule has 0 aliphatic rings. The summed E-state index contributed by atoms with van der Waals surface area (Å²) in [6.07, 6.45) is 0. The van der Waals surface area contributed by atoms with Crippen molar-refractivity contribution >= 4 is 34.0 Å². The first-order valence-electron chi connectivity index (χ1n) is 7.64. The van der Waals surface area contributed by atoms with Crippen molar-refractivity contribution in [3.05, 3.63) is 44.4 Å². The molecule has 1 heterocycles. The summed E-state index contributed by atoms with van der Waals surface area (Å²) in [5, 5.41) is 13.6. The number of nitrogens with zero attached hydrogens (tertiary/aromatic N) is 2. The van der Waals surface area contributed by atoms with Crippen molar-refractivity contribution in [2.45, 2.75) is 20.8 Å². The van der Waals surface area contributed by atoms with Gasteiger partial charge in [-0.3, -0.25) is 20.2 Å². The Balaban J connectivity index is 1.95. The fraction of sp³-hybridized carbons (Fsp3) is 0.312. The van der Waals surface area contributed by atoms with Crippen molar-refractivity contribution in [1.82, 2.24) is 4.98 Å². The van der Waals surface area contributed by atoms with Crippen molar-refractivity contribution < 1.29 is 24.0 Å². The van der Waals surface area contributed by atoms with Crippen molar-refractivity contribution in [1.29, 1.82) is 0 Å². The second-order valence-corrected chi connectivity index (χ2v) is 6.20. The minimum atomic E-state index is -0.488. The molecule has 1 aromatic carbocycles. The van der Waals surface area contributed by atoms with Crippen molar-refractivity contribution in [2.24, 2.45) is 0 Å². The molecule has 1 N–H and O–H groups in total. The van der Waals surface area contributed by atoms with E-state index in [1.165, 1.54) is 18.2 Å². The minimum absolute atomic E-state index is 0.0217. The summed E-state index contributed by atoms with van der Waals surface area (Å²) < 4.78 is 10.2. The lowest BCUT2D eigenvalue weighted by Gasteiger charge is -2.06. The fourth-order valence-electron chi connectivity index (χ4n) is 2.06. The number of thiazole rings is 1. The van der Waals surface area contributed by atoms with E-state index in [-0.39, 0.29) is 24.0 Å². The Hall–Kier alpha value is -3.01. The van der Waals surface area contributed by atoms with Gasteiger partial charge in [-0.15, -0.1) is 0 Å². The molecular formula is C16H17N3O6S. The van der Waals surface area contributed by atoms with E-state index in [1.54, 1.807) is 20.8 Å². The summed E-state index contributed by atoms with van der Waals surface area (Å²) in [5.74, 6) is -0.614. The molecular weight excluding hydrogens is 362 g/mol. The molecule has 0 spiro atoms. The smallest absolute Gasteiger partial charge is 0.350 e. The molecule has 2 aromatic rings. The van der Waals surface area contributed by atoms with E-state index in [4.69, 9.17) is 9.47 Å². The number of benzene rings is 1. The van der Waals surface area contributed by atoms with Gasteiger partial charge in [-0.05, 0) is 32.9 Å². The molecule has 0 aliphatic carbocycles. The zero-order valence-corrected chi connectivity index (χ0v) is 15.2. The highest BCUT2D eigenvalue weighted by Crippen LogP contribution is 2.24. The molecule has 1 aromatic heterocycles. The van der Waals surface area contributed by atoms with E-state index in [0.29, 0.717) is 21.9 Å². The first kappa shape index (κ1) is 19.3. The zero-order chi connectivity index (χ0) is 19.3. The van der Waals surface area contributed by atoms with Crippen LogP contribution in [0.3, 0.4) is 0 Å². The maximum atomic E-state index is 12.0.